The van der Waals surface area contributed by atoms with E-state index in [1.165, 1.54) is 45.2 Å². The number of nitrogens with zero attached hydrogens (tertiary/aromatic N) is 1. The Morgan fingerprint density at radius 2 is 2.12 bits per heavy atom. The van der Waals surface area contributed by atoms with Crippen molar-refractivity contribution in [3.05, 3.63) is 0 Å². The molecule has 1 heterocycles. The molecule has 2 atom stereocenters. The maximum Gasteiger partial charge on any atom is 0.0538 e. The van der Waals surface area contributed by atoms with Gasteiger partial charge in [0.15, 0.2) is 0 Å². The van der Waals surface area contributed by atoms with E-state index < -0.39 is 0 Å². The van der Waals surface area contributed by atoms with Gasteiger partial charge in [0, 0.05) is 24.5 Å². The van der Waals surface area contributed by atoms with Crippen LogP contribution in [-0.2, 0) is 4.74 Å². The van der Waals surface area contributed by atoms with Crippen LogP contribution in [0.25, 0.3) is 0 Å². The summed E-state index contributed by atoms with van der Waals surface area (Å²) >= 11 is 0. The molecule has 1 saturated heterocycles. The topological polar surface area (TPSA) is 12.5 Å². The molecule has 16 heavy (non-hydrogen) atoms. The van der Waals surface area contributed by atoms with Gasteiger partial charge in [-0.3, -0.25) is 4.90 Å². The number of likely N-dealkylation sites (tertiary alicyclic amines) is 1. The summed E-state index contributed by atoms with van der Waals surface area (Å²) < 4.78 is 5.83. The van der Waals surface area contributed by atoms with Crippen molar-refractivity contribution in [3.8, 4) is 0 Å². The average molecular weight is 223 g/mol. The molecular weight excluding hydrogens is 198 g/mol. The van der Waals surface area contributed by atoms with E-state index in [0.29, 0.717) is 11.5 Å². The van der Waals surface area contributed by atoms with Crippen LogP contribution in [0.3, 0.4) is 0 Å². The second kappa shape index (κ2) is 3.99. The van der Waals surface area contributed by atoms with Crippen LogP contribution >= 0.6 is 0 Å². The quantitative estimate of drug-likeness (QED) is 0.710. The normalized spacial score (nSPS) is 36.2. The van der Waals surface area contributed by atoms with E-state index in [9.17, 15) is 0 Å². The number of ether oxygens (including phenoxy) is 1. The molecule has 0 spiro atoms. The molecule has 0 aromatic heterocycles. The van der Waals surface area contributed by atoms with Gasteiger partial charge in [-0.25, -0.2) is 0 Å². The molecule has 0 radical (unpaired) electrons. The van der Waals surface area contributed by atoms with Crippen LogP contribution in [0.4, 0.5) is 0 Å². The predicted octanol–water partition coefficient (Wildman–Crippen LogP) is 2.68. The lowest BCUT2D eigenvalue weighted by Crippen LogP contribution is -2.38. The zero-order valence-electron chi connectivity index (χ0n) is 10.7. The zero-order valence-corrected chi connectivity index (χ0v) is 10.7. The Hall–Kier alpha value is -0.0800. The minimum atomic E-state index is 0.396. The monoisotopic (exact) mass is 223 g/mol. The average Bonchev–Trinajstić information content (AvgIpc) is 2.71. The summed E-state index contributed by atoms with van der Waals surface area (Å²) in [5.41, 5.74) is 0.550. The molecule has 0 N–H and O–H groups in total. The Morgan fingerprint density at radius 1 is 1.31 bits per heavy atom. The molecule has 0 aromatic rings. The highest BCUT2D eigenvalue weighted by Crippen LogP contribution is 2.49. The second-order valence-corrected chi connectivity index (χ2v) is 6.62. The Labute approximate surface area is 99.3 Å². The highest BCUT2D eigenvalue weighted by molar-refractivity contribution is 5.00. The standard InChI is InChI=1S/C14H25NO/c1-11(2)16-10-14(5-6-14)9-15-8-12-3-4-13(15)7-12/h11-13H,3-10H2,1-2H3/t12-,13+/m1/s1. The first-order valence-corrected chi connectivity index (χ1v) is 7.03. The molecule has 2 aliphatic carbocycles. The number of fused-ring (bicyclic) bond motifs is 2. The molecule has 0 aromatic carbocycles. The van der Waals surface area contributed by atoms with Gasteiger partial charge in [0.1, 0.15) is 0 Å². The van der Waals surface area contributed by atoms with Crippen LogP contribution in [0, 0.1) is 11.3 Å². The summed E-state index contributed by atoms with van der Waals surface area (Å²) in [6.45, 7) is 8.00. The van der Waals surface area contributed by atoms with Crippen molar-refractivity contribution in [1.82, 2.24) is 4.90 Å². The van der Waals surface area contributed by atoms with Crippen molar-refractivity contribution in [2.24, 2.45) is 11.3 Å². The molecule has 2 nitrogen and oxygen atoms in total. The summed E-state index contributed by atoms with van der Waals surface area (Å²) in [5, 5.41) is 0. The molecule has 3 aliphatic rings. The highest BCUT2D eigenvalue weighted by atomic mass is 16.5. The number of hydrogen-bond acceptors (Lipinski definition) is 2. The van der Waals surface area contributed by atoms with Gasteiger partial charge in [-0.05, 0) is 51.9 Å². The van der Waals surface area contributed by atoms with Crippen molar-refractivity contribution in [3.63, 3.8) is 0 Å². The van der Waals surface area contributed by atoms with Gasteiger partial charge in [-0.2, -0.15) is 0 Å². The Kier molecular flexibility index (Phi) is 2.75. The number of piperidine rings is 1. The van der Waals surface area contributed by atoms with E-state index in [1.807, 2.05) is 0 Å². The Bertz CT molecular complexity index is 259. The van der Waals surface area contributed by atoms with Crippen LogP contribution in [0.5, 0.6) is 0 Å². The lowest BCUT2D eigenvalue weighted by molar-refractivity contribution is 0.0270. The van der Waals surface area contributed by atoms with Crippen molar-refractivity contribution in [1.29, 1.82) is 0 Å². The first-order valence-electron chi connectivity index (χ1n) is 7.03. The molecule has 3 rings (SSSR count). The zero-order chi connectivity index (χ0) is 11.2. The van der Waals surface area contributed by atoms with Gasteiger partial charge in [-0.1, -0.05) is 0 Å². The second-order valence-electron chi connectivity index (χ2n) is 6.62. The fraction of sp³-hybridized carbons (Fsp3) is 1.00. The van der Waals surface area contributed by atoms with E-state index in [2.05, 4.69) is 18.7 Å². The van der Waals surface area contributed by atoms with Crippen LogP contribution < -0.4 is 0 Å². The highest BCUT2D eigenvalue weighted by Gasteiger charge is 2.48. The molecule has 2 bridgehead atoms. The van der Waals surface area contributed by atoms with Gasteiger partial charge < -0.3 is 4.74 Å². The minimum absolute atomic E-state index is 0.396. The van der Waals surface area contributed by atoms with Gasteiger partial charge in [-0.15, -0.1) is 0 Å². The van der Waals surface area contributed by atoms with Crippen LogP contribution in [0.2, 0.25) is 0 Å². The fourth-order valence-corrected chi connectivity index (χ4v) is 3.52. The molecule has 1 aliphatic heterocycles. The van der Waals surface area contributed by atoms with Gasteiger partial charge in [0.2, 0.25) is 0 Å². The van der Waals surface area contributed by atoms with E-state index in [1.54, 1.807) is 0 Å². The van der Waals surface area contributed by atoms with Crippen molar-refractivity contribution >= 4 is 0 Å². The maximum atomic E-state index is 5.83. The lowest BCUT2D eigenvalue weighted by atomic mass is 10.0. The summed E-state index contributed by atoms with van der Waals surface area (Å²) in [4.78, 5) is 2.77. The third-order valence-corrected chi connectivity index (χ3v) is 4.74. The number of hydrogen-bond donors (Lipinski definition) is 0. The molecule has 0 unspecified atom stereocenters. The third kappa shape index (κ3) is 2.14. The van der Waals surface area contributed by atoms with Gasteiger partial charge in [0.05, 0.1) is 12.7 Å². The van der Waals surface area contributed by atoms with Crippen LogP contribution in [0.1, 0.15) is 46.0 Å². The summed E-state index contributed by atoms with van der Waals surface area (Å²) in [5.74, 6) is 1.03. The van der Waals surface area contributed by atoms with Crippen LogP contribution in [-0.4, -0.2) is 36.7 Å². The largest absolute Gasteiger partial charge is 0.378 e. The molecule has 92 valence electrons. The summed E-state index contributed by atoms with van der Waals surface area (Å²) in [7, 11) is 0. The SMILES string of the molecule is CC(C)OCC1(CN2C[C@@H]3CC[C@H]2C3)CC1. The maximum absolute atomic E-state index is 5.83. The summed E-state index contributed by atoms with van der Waals surface area (Å²) in [6.07, 6.45) is 7.64. The molecule has 0 amide bonds. The van der Waals surface area contributed by atoms with Gasteiger partial charge in [0.25, 0.3) is 0 Å². The Balaban J connectivity index is 1.51. The van der Waals surface area contributed by atoms with E-state index >= 15 is 0 Å². The lowest BCUT2D eigenvalue weighted by Gasteiger charge is -2.31. The van der Waals surface area contributed by atoms with Crippen molar-refractivity contribution in [2.45, 2.75) is 58.1 Å². The van der Waals surface area contributed by atoms with Crippen molar-refractivity contribution < 1.29 is 4.74 Å². The van der Waals surface area contributed by atoms with E-state index in [-0.39, 0.29) is 0 Å². The van der Waals surface area contributed by atoms with Gasteiger partial charge >= 0.3 is 0 Å². The first kappa shape index (κ1) is 11.0. The van der Waals surface area contributed by atoms with E-state index in [0.717, 1.165) is 18.6 Å². The number of rotatable bonds is 5. The smallest absolute Gasteiger partial charge is 0.0538 e. The summed E-state index contributed by atoms with van der Waals surface area (Å²) in [6, 6.07) is 0.932. The Morgan fingerprint density at radius 3 is 2.62 bits per heavy atom. The minimum Gasteiger partial charge on any atom is -0.378 e. The fourth-order valence-electron chi connectivity index (χ4n) is 3.52. The molecule has 2 saturated carbocycles. The van der Waals surface area contributed by atoms with Crippen molar-refractivity contribution in [2.75, 3.05) is 19.7 Å². The predicted molar refractivity (Wildman–Crippen MR) is 65.5 cm³/mol. The molecule has 3 fully saturated rings. The molecule has 2 heteroatoms. The van der Waals surface area contributed by atoms with Crippen LogP contribution in [0.15, 0.2) is 0 Å². The van der Waals surface area contributed by atoms with E-state index in [4.69, 9.17) is 4.74 Å². The third-order valence-electron chi connectivity index (χ3n) is 4.74. The molecular formula is C14H25NO. The first-order chi connectivity index (χ1) is 7.67.